The second kappa shape index (κ2) is 12.2. The summed E-state index contributed by atoms with van der Waals surface area (Å²) in [5, 5.41) is 2.42. The number of fused-ring (bicyclic) bond motifs is 3. The minimum absolute atomic E-state index is 0.632. The summed E-state index contributed by atoms with van der Waals surface area (Å²) < 4.78 is 2.36. The molecule has 0 saturated carbocycles. The standard InChI is InChI=1S/C45H30N4/c1-4-15-31(16-5-1)37-23-10-11-24-38(37)34-27-28-40-39-25-12-13-26-41(39)49(42(40)30-34)36-22-14-21-35(29-36)45-47-43(32-17-6-2-7-18-32)46-44(48-45)33-19-8-3-9-20-33/h1-30H. The normalized spacial score (nSPS) is 11.3. The maximum absolute atomic E-state index is 5.01. The highest BCUT2D eigenvalue weighted by Gasteiger charge is 2.17. The number of para-hydroxylation sites is 1. The van der Waals surface area contributed by atoms with Crippen molar-refractivity contribution in [2.75, 3.05) is 0 Å². The number of benzene rings is 7. The number of aromatic nitrogens is 4. The Morgan fingerprint density at radius 3 is 1.45 bits per heavy atom. The van der Waals surface area contributed by atoms with E-state index in [0.717, 1.165) is 33.4 Å². The molecule has 49 heavy (non-hydrogen) atoms. The predicted molar refractivity (Wildman–Crippen MR) is 201 cm³/mol. The lowest BCUT2D eigenvalue weighted by atomic mass is 9.94. The van der Waals surface area contributed by atoms with Crippen molar-refractivity contribution in [1.29, 1.82) is 0 Å². The number of hydrogen-bond donors (Lipinski definition) is 0. The SMILES string of the molecule is c1ccc(-c2nc(-c3ccccc3)nc(-c3cccc(-n4c5ccccc5c5ccc(-c6ccccc6-c6ccccc6)cc54)c3)n2)cc1. The lowest BCUT2D eigenvalue weighted by molar-refractivity contribution is 1.07. The maximum atomic E-state index is 5.01. The molecule has 0 aliphatic rings. The Balaban J connectivity index is 1.23. The number of nitrogens with zero attached hydrogens (tertiary/aromatic N) is 4. The Kier molecular flexibility index (Phi) is 7.10. The van der Waals surface area contributed by atoms with E-state index in [-0.39, 0.29) is 0 Å². The molecule has 0 aliphatic heterocycles. The van der Waals surface area contributed by atoms with E-state index in [9.17, 15) is 0 Å². The quantitative estimate of drug-likeness (QED) is 0.184. The van der Waals surface area contributed by atoms with E-state index >= 15 is 0 Å². The summed E-state index contributed by atoms with van der Waals surface area (Å²) in [5.74, 6) is 1.93. The van der Waals surface area contributed by atoms with Gasteiger partial charge >= 0.3 is 0 Å². The Bertz CT molecular complexity index is 2530. The zero-order valence-electron chi connectivity index (χ0n) is 26.6. The van der Waals surface area contributed by atoms with Crippen LogP contribution < -0.4 is 0 Å². The van der Waals surface area contributed by atoms with E-state index in [1.165, 1.54) is 33.0 Å². The molecule has 9 rings (SSSR count). The molecule has 2 aromatic heterocycles. The average Bonchev–Trinajstić information content (AvgIpc) is 3.52. The van der Waals surface area contributed by atoms with Crippen molar-refractivity contribution in [2.45, 2.75) is 0 Å². The van der Waals surface area contributed by atoms with E-state index in [1.807, 2.05) is 60.7 Å². The Morgan fingerprint density at radius 1 is 0.306 bits per heavy atom. The van der Waals surface area contributed by atoms with E-state index in [0.29, 0.717) is 17.5 Å². The van der Waals surface area contributed by atoms with Crippen LogP contribution in [0.15, 0.2) is 182 Å². The first kappa shape index (κ1) is 28.6. The van der Waals surface area contributed by atoms with Crippen LogP contribution in [-0.2, 0) is 0 Å². The monoisotopic (exact) mass is 626 g/mol. The number of hydrogen-bond acceptors (Lipinski definition) is 3. The van der Waals surface area contributed by atoms with E-state index in [2.05, 4.69) is 126 Å². The summed E-state index contributed by atoms with van der Waals surface area (Å²) in [6.45, 7) is 0. The smallest absolute Gasteiger partial charge is 0.164 e. The van der Waals surface area contributed by atoms with Gasteiger partial charge in [-0.15, -0.1) is 0 Å². The van der Waals surface area contributed by atoms with Crippen LogP contribution in [0.5, 0.6) is 0 Å². The molecule has 0 N–H and O–H groups in total. The first-order chi connectivity index (χ1) is 24.3. The van der Waals surface area contributed by atoms with Gasteiger partial charge in [-0.2, -0.15) is 0 Å². The molecule has 4 heteroatoms. The Labute approximate surface area is 284 Å². The summed E-state index contributed by atoms with van der Waals surface area (Å²) in [7, 11) is 0. The molecule has 0 spiro atoms. The summed E-state index contributed by atoms with van der Waals surface area (Å²) in [6.07, 6.45) is 0. The van der Waals surface area contributed by atoms with Crippen LogP contribution in [0.1, 0.15) is 0 Å². The molecule has 0 fully saturated rings. The fraction of sp³-hybridized carbons (Fsp3) is 0. The zero-order valence-corrected chi connectivity index (χ0v) is 26.6. The van der Waals surface area contributed by atoms with Crippen LogP contribution in [0, 0.1) is 0 Å². The molecule has 0 bridgehead atoms. The van der Waals surface area contributed by atoms with Gasteiger partial charge in [0.15, 0.2) is 17.5 Å². The average molecular weight is 627 g/mol. The van der Waals surface area contributed by atoms with E-state index in [4.69, 9.17) is 15.0 Å². The molecule has 230 valence electrons. The molecule has 0 atom stereocenters. The molecule has 4 nitrogen and oxygen atoms in total. The van der Waals surface area contributed by atoms with Gasteiger partial charge in [0.05, 0.1) is 11.0 Å². The molecule has 7 aromatic carbocycles. The van der Waals surface area contributed by atoms with Crippen LogP contribution >= 0.6 is 0 Å². The molecular formula is C45H30N4. The van der Waals surface area contributed by atoms with Crippen molar-refractivity contribution in [3.05, 3.63) is 182 Å². The first-order valence-corrected chi connectivity index (χ1v) is 16.5. The largest absolute Gasteiger partial charge is 0.309 e. The van der Waals surface area contributed by atoms with E-state index < -0.39 is 0 Å². The number of rotatable bonds is 6. The fourth-order valence-corrected chi connectivity index (χ4v) is 6.74. The van der Waals surface area contributed by atoms with Gasteiger partial charge in [-0.1, -0.05) is 158 Å². The van der Waals surface area contributed by atoms with Gasteiger partial charge in [0, 0.05) is 33.2 Å². The molecule has 0 aliphatic carbocycles. The van der Waals surface area contributed by atoms with Crippen molar-refractivity contribution >= 4 is 21.8 Å². The minimum atomic E-state index is 0.632. The Hall–Kier alpha value is -6.65. The highest BCUT2D eigenvalue weighted by Crippen LogP contribution is 2.38. The predicted octanol–water partition coefficient (Wildman–Crippen LogP) is 11.3. The van der Waals surface area contributed by atoms with Crippen LogP contribution in [0.3, 0.4) is 0 Å². The van der Waals surface area contributed by atoms with Gasteiger partial charge in [0.1, 0.15) is 0 Å². The molecule has 9 aromatic rings. The van der Waals surface area contributed by atoms with Crippen molar-refractivity contribution in [3.8, 4) is 62.1 Å². The van der Waals surface area contributed by atoms with Gasteiger partial charge < -0.3 is 4.57 Å². The summed E-state index contributed by atoms with van der Waals surface area (Å²) in [4.78, 5) is 14.9. The van der Waals surface area contributed by atoms with Crippen molar-refractivity contribution in [1.82, 2.24) is 19.5 Å². The highest BCUT2D eigenvalue weighted by atomic mass is 15.0. The van der Waals surface area contributed by atoms with E-state index in [1.54, 1.807) is 0 Å². The van der Waals surface area contributed by atoms with Gasteiger partial charge in [0.25, 0.3) is 0 Å². The van der Waals surface area contributed by atoms with Crippen LogP contribution in [0.25, 0.3) is 83.9 Å². The van der Waals surface area contributed by atoms with Crippen molar-refractivity contribution < 1.29 is 0 Å². The van der Waals surface area contributed by atoms with Gasteiger partial charge in [-0.25, -0.2) is 15.0 Å². The second-order valence-electron chi connectivity index (χ2n) is 12.1. The van der Waals surface area contributed by atoms with Crippen molar-refractivity contribution in [2.24, 2.45) is 0 Å². The third-order valence-electron chi connectivity index (χ3n) is 9.06. The third kappa shape index (κ3) is 5.26. The maximum Gasteiger partial charge on any atom is 0.164 e. The van der Waals surface area contributed by atoms with Gasteiger partial charge in [0.2, 0.25) is 0 Å². The molecule has 0 saturated heterocycles. The summed E-state index contributed by atoms with van der Waals surface area (Å²) in [6, 6.07) is 63.4. The second-order valence-corrected chi connectivity index (χ2v) is 12.1. The first-order valence-electron chi connectivity index (χ1n) is 16.5. The fourth-order valence-electron chi connectivity index (χ4n) is 6.74. The minimum Gasteiger partial charge on any atom is -0.309 e. The lowest BCUT2D eigenvalue weighted by Gasteiger charge is -2.13. The lowest BCUT2D eigenvalue weighted by Crippen LogP contribution is -2.01. The van der Waals surface area contributed by atoms with Crippen molar-refractivity contribution in [3.63, 3.8) is 0 Å². The van der Waals surface area contributed by atoms with Gasteiger partial charge in [-0.3, -0.25) is 0 Å². The molecular weight excluding hydrogens is 597 g/mol. The van der Waals surface area contributed by atoms with Gasteiger partial charge in [-0.05, 0) is 46.5 Å². The zero-order chi connectivity index (χ0) is 32.6. The molecule has 0 amide bonds. The molecule has 0 radical (unpaired) electrons. The molecule has 2 heterocycles. The summed E-state index contributed by atoms with van der Waals surface area (Å²) >= 11 is 0. The van der Waals surface area contributed by atoms with Crippen LogP contribution in [0.2, 0.25) is 0 Å². The molecule has 0 unspecified atom stereocenters. The third-order valence-corrected chi connectivity index (χ3v) is 9.06. The topological polar surface area (TPSA) is 43.6 Å². The van der Waals surface area contributed by atoms with Crippen LogP contribution in [0.4, 0.5) is 0 Å². The highest BCUT2D eigenvalue weighted by molar-refractivity contribution is 6.10. The summed E-state index contributed by atoms with van der Waals surface area (Å²) in [5.41, 5.74) is 10.9. The van der Waals surface area contributed by atoms with Crippen LogP contribution in [-0.4, -0.2) is 19.5 Å². The Morgan fingerprint density at radius 2 is 0.796 bits per heavy atom.